The first kappa shape index (κ1) is 15.4. The molecular weight excluding hydrogens is 265 g/mol. The molecule has 1 aromatic rings. The third-order valence-corrected chi connectivity index (χ3v) is 2.62. The Morgan fingerprint density at radius 2 is 2.05 bits per heavy atom. The van der Waals surface area contributed by atoms with E-state index in [1.807, 2.05) is 0 Å². The van der Waals surface area contributed by atoms with Gasteiger partial charge in [-0.15, -0.1) is 0 Å². The molecule has 0 spiro atoms. The zero-order valence-corrected chi connectivity index (χ0v) is 10.5. The van der Waals surface area contributed by atoms with Crippen molar-refractivity contribution in [3.8, 4) is 0 Å². The normalized spacial score (nSPS) is 14.8. The molecule has 0 unspecified atom stereocenters. The summed E-state index contributed by atoms with van der Waals surface area (Å²) >= 11 is 0. The van der Waals surface area contributed by atoms with Crippen LogP contribution in [-0.4, -0.2) is 30.9 Å². The molecule has 1 atom stereocenters. The molecule has 0 aliphatic heterocycles. The van der Waals surface area contributed by atoms with Crippen LogP contribution in [0.4, 0.5) is 18.0 Å². The van der Waals surface area contributed by atoms with Crippen LogP contribution < -0.4 is 10.6 Å². The van der Waals surface area contributed by atoms with Gasteiger partial charge in [-0.05, 0) is 19.1 Å². The highest BCUT2D eigenvalue weighted by molar-refractivity contribution is 5.73. The molecule has 0 saturated heterocycles. The molecule has 0 aliphatic carbocycles. The third kappa shape index (κ3) is 3.40. The molecule has 0 bridgehead atoms. The van der Waals surface area contributed by atoms with E-state index in [0.29, 0.717) is 0 Å². The largest absolute Gasteiger partial charge is 0.463 e. The van der Waals surface area contributed by atoms with Crippen molar-refractivity contribution in [1.82, 2.24) is 10.6 Å². The smallest absolute Gasteiger partial charge is 0.424 e. The predicted octanol–water partition coefficient (Wildman–Crippen LogP) is 1.66. The van der Waals surface area contributed by atoms with Crippen molar-refractivity contribution in [2.45, 2.75) is 25.1 Å². The Balaban J connectivity index is 2.86. The lowest BCUT2D eigenvalue weighted by Crippen LogP contribution is -2.45. The molecule has 108 valence electrons. The van der Waals surface area contributed by atoms with Gasteiger partial charge in [0.05, 0.1) is 0 Å². The van der Waals surface area contributed by atoms with Gasteiger partial charge >= 0.3 is 12.2 Å². The maximum Gasteiger partial charge on any atom is 0.424 e. The van der Waals surface area contributed by atoms with Crippen LogP contribution in [0.15, 0.2) is 16.5 Å². The lowest BCUT2D eigenvalue weighted by atomic mass is 9.96. The van der Waals surface area contributed by atoms with Crippen molar-refractivity contribution in [1.29, 1.82) is 0 Å². The fourth-order valence-electron chi connectivity index (χ4n) is 1.51. The molecule has 0 fully saturated rings. The molecule has 1 rings (SSSR count). The highest BCUT2D eigenvalue weighted by atomic mass is 19.4. The Morgan fingerprint density at radius 3 is 2.47 bits per heavy atom. The Morgan fingerprint density at radius 1 is 1.42 bits per heavy atom. The average Bonchev–Trinajstić information content (AvgIpc) is 2.74. The van der Waals surface area contributed by atoms with Crippen LogP contribution >= 0.6 is 0 Å². The van der Waals surface area contributed by atoms with Gasteiger partial charge in [0.25, 0.3) is 0 Å². The lowest BCUT2D eigenvalue weighted by Gasteiger charge is -2.28. The summed E-state index contributed by atoms with van der Waals surface area (Å²) in [5, 5.41) is 14.2. The summed E-state index contributed by atoms with van der Waals surface area (Å²) < 4.78 is 43.8. The Bertz CT molecular complexity index is 445. The van der Waals surface area contributed by atoms with Crippen LogP contribution in [-0.2, 0) is 5.60 Å². The van der Waals surface area contributed by atoms with Crippen LogP contribution in [0.3, 0.4) is 0 Å². The van der Waals surface area contributed by atoms with Gasteiger partial charge in [0.2, 0.25) is 5.60 Å². The predicted molar refractivity (Wildman–Crippen MR) is 60.5 cm³/mol. The Kier molecular flexibility index (Phi) is 4.46. The second-order valence-electron chi connectivity index (χ2n) is 4.02. The monoisotopic (exact) mass is 280 g/mol. The third-order valence-electron chi connectivity index (χ3n) is 2.62. The zero-order chi connectivity index (χ0) is 14.7. The van der Waals surface area contributed by atoms with Gasteiger partial charge in [0.15, 0.2) is 0 Å². The number of nitrogens with one attached hydrogen (secondary N) is 2. The number of carbonyl (C=O) groups excluding carboxylic acids is 1. The molecule has 0 saturated carbocycles. The van der Waals surface area contributed by atoms with Crippen molar-refractivity contribution >= 4 is 6.03 Å². The molecule has 3 N–H and O–H groups in total. The van der Waals surface area contributed by atoms with E-state index in [9.17, 15) is 23.1 Å². The second-order valence-corrected chi connectivity index (χ2v) is 4.02. The van der Waals surface area contributed by atoms with Crippen molar-refractivity contribution < 1.29 is 27.5 Å². The molecule has 5 nitrogen and oxygen atoms in total. The minimum Gasteiger partial charge on any atom is -0.463 e. The van der Waals surface area contributed by atoms with Crippen molar-refractivity contribution in [3.05, 3.63) is 23.7 Å². The first-order valence-corrected chi connectivity index (χ1v) is 5.52. The fourth-order valence-corrected chi connectivity index (χ4v) is 1.51. The summed E-state index contributed by atoms with van der Waals surface area (Å²) in [6.07, 6.45) is -5.64. The molecule has 1 aromatic heterocycles. The Labute approximate surface area is 107 Å². The summed E-state index contributed by atoms with van der Waals surface area (Å²) in [6, 6.07) is 1.78. The first-order valence-electron chi connectivity index (χ1n) is 5.52. The summed E-state index contributed by atoms with van der Waals surface area (Å²) in [7, 11) is 1.33. The van der Waals surface area contributed by atoms with E-state index < -0.39 is 30.0 Å². The summed E-state index contributed by atoms with van der Waals surface area (Å²) in [5.74, 6) is -0.326. The summed E-state index contributed by atoms with van der Waals surface area (Å²) in [4.78, 5) is 10.9. The van der Waals surface area contributed by atoms with E-state index in [1.165, 1.54) is 20.0 Å². The number of furan rings is 1. The number of urea groups is 1. The van der Waals surface area contributed by atoms with Gasteiger partial charge in [-0.1, -0.05) is 0 Å². The number of halogens is 3. The number of aliphatic hydroxyl groups is 1. The quantitative estimate of drug-likeness (QED) is 0.785. The van der Waals surface area contributed by atoms with Gasteiger partial charge in [-0.2, -0.15) is 13.2 Å². The topological polar surface area (TPSA) is 74.5 Å². The van der Waals surface area contributed by atoms with Crippen LogP contribution in [0.2, 0.25) is 0 Å². The van der Waals surface area contributed by atoms with E-state index in [-0.39, 0.29) is 12.3 Å². The van der Waals surface area contributed by atoms with Gasteiger partial charge in [-0.25, -0.2) is 4.79 Å². The van der Waals surface area contributed by atoms with Crippen molar-refractivity contribution in [2.75, 3.05) is 13.6 Å². The van der Waals surface area contributed by atoms with Crippen molar-refractivity contribution in [2.24, 2.45) is 0 Å². The van der Waals surface area contributed by atoms with E-state index >= 15 is 0 Å². The van der Waals surface area contributed by atoms with E-state index in [2.05, 4.69) is 10.6 Å². The zero-order valence-electron chi connectivity index (χ0n) is 10.5. The maximum atomic E-state index is 13.0. The number of aryl methyl sites for hydroxylation is 1. The highest BCUT2D eigenvalue weighted by Crippen LogP contribution is 2.41. The Hall–Kier alpha value is -1.70. The molecule has 19 heavy (non-hydrogen) atoms. The summed E-state index contributed by atoms with van der Waals surface area (Å²) in [6.45, 7) is 1.12. The minimum atomic E-state index is -4.90. The van der Waals surface area contributed by atoms with Crippen molar-refractivity contribution in [3.63, 3.8) is 0 Å². The molecule has 8 heteroatoms. The van der Waals surface area contributed by atoms with Crippen LogP contribution in [0.1, 0.15) is 17.9 Å². The molecule has 0 aromatic carbocycles. The summed E-state index contributed by atoms with van der Waals surface area (Å²) in [5.41, 5.74) is -3.12. The number of amides is 2. The second kappa shape index (κ2) is 5.52. The molecule has 1 heterocycles. The maximum absolute atomic E-state index is 13.0. The van der Waals surface area contributed by atoms with Gasteiger partial charge in [-0.3, -0.25) is 0 Å². The SMILES string of the molecule is CNC(=O)NCC[C@](O)(c1ccc(C)o1)C(F)(F)F. The average molecular weight is 280 g/mol. The van der Waals surface area contributed by atoms with Crippen LogP contribution in [0.5, 0.6) is 0 Å². The van der Waals surface area contributed by atoms with Crippen LogP contribution in [0.25, 0.3) is 0 Å². The standard InChI is InChI=1S/C11H15F3N2O3/c1-7-3-4-8(19-7)10(18,11(12,13)14)5-6-16-9(17)15-2/h3-4,18H,5-6H2,1-2H3,(H2,15,16,17)/t10-/m0/s1. The van der Waals surface area contributed by atoms with Crippen LogP contribution in [0, 0.1) is 6.92 Å². The number of carbonyl (C=O) groups is 1. The van der Waals surface area contributed by atoms with Gasteiger partial charge in [0.1, 0.15) is 11.5 Å². The molecule has 2 amide bonds. The molecule has 0 aliphatic rings. The minimum absolute atomic E-state index is 0.261. The van der Waals surface area contributed by atoms with E-state index in [4.69, 9.17) is 4.42 Å². The molecular formula is C11H15F3N2O3. The number of hydrogen-bond donors (Lipinski definition) is 3. The highest BCUT2D eigenvalue weighted by Gasteiger charge is 2.56. The van der Waals surface area contributed by atoms with Gasteiger partial charge < -0.3 is 20.2 Å². The van der Waals surface area contributed by atoms with E-state index in [0.717, 1.165) is 6.07 Å². The number of alkyl halides is 3. The molecule has 0 radical (unpaired) electrons. The number of hydrogen-bond acceptors (Lipinski definition) is 3. The number of rotatable bonds is 4. The lowest BCUT2D eigenvalue weighted by molar-refractivity contribution is -0.274. The first-order chi connectivity index (χ1) is 8.70. The fraction of sp³-hybridized carbons (Fsp3) is 0.545. The van der Waals surface area contributed by atoms with E-state index in [1.54, 1.807) is 0 Å². The van der Waals surface area contributed by atoms with Gasteiger partial charge in [0, 0.05) is 20.0 Å².